The van der Waals surface area contributed by atoms with E-state index in [1.54, 1.807) is 12.3 Å². The van der Waals surface area contributed by atoms with E-state index in [1.807, 2.05) is 6.07 Å². The summed E-state index contributed by atoms with van der Waals surface area (Å²) in [6.07, 6.45) is 4.16. The molecule has 0 bridgehead atoms. The Morgan fingerprint density at radius 2 is 2.30 bits per heavy atom. The maximum absolute atomic E-state index is 11.7. The molecule has 120 valence electrons. The van der Waals surface area contributed by atoms with Crippen LogP contribution in [0.5, 0.6) is 0 Å². The van der Waals surface area contributed by atoms with Crippen molar-refractivity contribution in [3.05, 3.63) is 35.8 Å². The van der Waals surface area contributed by atoms with Crippen LogP contribution in [0.2, 0.25) is 5.28 Å². The van der Waals surface area contributed by atoms with Crippen molar-refractivity contribution in [2.75, 3.05) is 11.9 Å². The third-order valence-corrected chi connectivity index (χ3v) is 3.34. The van der Waals surface area contributed by atoms with Gasteiger partial charge in [-0.05, 0) is 30.2 Å². The van der Waals surface area contributed by atoms with E-state index in [0.29, 0.717) is 42.9 Å². The molecule has 0 unspecified atom stereocenters. The average Bonchev–Trinajstić information content (AvgIpc) is 3.20. The molecule has 0 radical (unpaired) electrons. The largest absolute Gasteiger partial charge is 0.467 e. The van der Waals surface area contributed by atoms with Crippen LogP contribution in [-0.2, 0) is 11.3 Å². The number of rotatable bonds is 7. The molecule has 0 atom stereocenters. The predicted molar refractivity (Wildman–Crippen MR) is 85.0 cm³/mol. The highest BCUT2D eigenvalue weighted by atomic mass is 35.5. The number of hydrogen-bond acceptors (Lipinski definition) is 6. The molecule has 0 saturated heterocycles. The molecule has 0 fully saturated rings. The Balaban J connectivity index is 1.44. The van der Waals surface area contributed by atoms with Gasteiger partial charge >= 0.3 is 0 Å². The molecular formula is C14H15ClN6O2. The van der Waals surface area contributed by atoms with Crippen molar-refractivity contribution in [3.63, 3.8) is 0 Å². The number of hydrogen-bond donors (Lipinski definition) is 3. The lowest BCUT2D eigenvalue weighted by atomic mass is 10.3. The number of anilines is 1. The molecule has 3 heterocycles. The van der Waals surface area contributed by atoms with Crippen molar-refractivity contribution >= 4 is 34.5 Å². The summed E-state index contributed by atoms with van der Waals surface area (Å²) < 4.78 is 5.15. The minimum Gasteiger partial charge on any atom is -0.467 e. The smallest absolute Gasteiger partial charge is 0.226 e. The Bertz CT molecular complexity index is 786. The highest BCUT2D eigenvalue weighted by Crippen LogP contribution is 2.18. The van der Waals surface area contributed by atoms with Gasteiger partial charge in [0, 0.05) is 13.0 Å². The molecule has 8 nitrogen and oxygen atoms in total. The van der Waals surface area contributed by atoms with Crippen LogP contribution in [0.1, 0.15) is 18.6 Å². The fraction of sp³-hybridized carbons (Fsp3) is 0.286. The van der Waals surface area contributed by atoms with Gasteiger partial charge in [0.2, 0.25) is 11.2 Å². The SMILES string of the molecule is O=C(CCCNc1nc(Cl)nc2nc[nH]c12)NCc1ccco1. The second-order valence-electron chi connectivity index (χ2n) is 4.83. The molecule has 0 saturated carbocycles. The number of carbonyl (C=O) groups is 1. The molecule has 3 aromatic rings. The maximum atomic E-state index is 11.7. The highest BCUT2D eigenvalue weighted by molar-refractivity contribution is 6.28. The number of halogens is 1. The number of fused-ring (bicyclic) bond motifs is 1. The summed E-state index contributed by atoms with van der Waals surface area (Å²) in [4.78, 5) is 26.8. The first-order valence-electron chi connectivity index (χ1n) is 7.12. The number of imidazole rings is 1. The van der Waals surface area contributed by atoms with Crippen LogP contribution in [0, 0.1) is 0 Å². The number of furan rings is 1. The second kappa shape index (κ2) is 7.10. The zero-order valence-electron chi connectivity index (χ0n) is 12.2. The molecule has 3 aromatic heterocycles. The van der Waals surface area contributed by atoms with Crippen LogP contribution in [-0.4, -0.2) is 32.4 Å². The molecule has 0 aliphatic carbocycles. The van der Waals surface area contributed by atoms with Crippen LogP contribution in [0.25, 0.3) is 11.2 Å². The fourth-order valence-electron chi connectivity index (χ4n) is 2.08. The van der Waals surface area contributed by atoms with E-state index in [9.17, 15) is 4.79 Å². The number of carbonyl (C=O) groups excluding carboxylic acids is 1. The lowest BCUT2D eigenvalue weighted by Crippen LogP contribution is -2.22. The van der Waals surface area contributed by atoms with Gasteiger partial charge in [0.1, 0.15) is 11.3 Å². The summed E-state index contributed by atoms with van der Waals surface area (Å²) in [5.74, 6) is 1.28. The van der Waals surface area contributed by atoms with Crippen LogP contribution < -0.4 is 10.6 Å². The molecule has 1 amide bonds. The van der Waals surface area contributed by atoms with Gasteiger partial charge < -0.3 is 20.0 Å². The third-order valence-electron chi connectivity index (χ3n) is 3.17. The molecule has 0 spiro atoms. The van der Waals surface area contributed by atoms with E-state index in [1.165, 1.54) is 6.33 Å². The van der Waals surface area contributed by atoms with Crippen molar-refractivity contribution in [3.8, 4) is 0 Å². The van der Waals surface area contributed by atoms with Gasteiger partial charge in [0.15, 0.2) is 11.5 Å². The van der Waals surface area contributed by atoms with Gasteiger partial charge in [-0.15, -0.1) is 0 Å². The highest BCUT2D eigenvalue weighted by Gasteiger charge is 2.08. The first kappa shape index (κ1) is 15.3. The molecule has 0 aliphatic heterocycles. The van der Waals surface area contributed by atoms with Gasteiger partial charge in [-0.25, -0.2) is 4.98 Å². The molecule has 3 N–H and O–H groups in total. The number of amides is 1. The summed E-state index contributed by atoms with van der Waals surface area (Å²) in [6.45, 7) is 0.977. The summed E-state index contributed by atoms with van der Waals surface area (Å²) >= 11 is 5.84. The van der Waals surface area contributed by atoms with E-state index in [4.69, 9.17) is 16.0 Å². The van der Waals surface area contributed by atoms with Crippen LogP contribution in [0.15, 0.2) is 29.1 Å². The minimum atomic E-state index is -0.0318. The van der Waals surface area contributed by atoms with Crippen molar-refractivity contribution < 1.29 is 9.21 Å². The molecular weight excluding hydrogens is 320 g/mol. The van der Waals surface area contributed by atoms with Crippen molar-refractivity contribution in [2.45, 2.75) is 19.4 Å². The number of nitrogens with one attached hydrogen (secondary N) is 3. The second-order valence-corrected chi connectivity index (χ2v) is 5.17. The molecule has 9 heteroatoms. The van der Waals surface area contributed by atoms with E-state index in [0.717, 1.165) is 5.76 Å². The van der Waals surface area contributed by atoms with Gasteiger partial charge in [0.25, 0.3) is 0 Å². The Kier molecular flexibility index (Phi) is 4.72. The summed E-state index contributed by atoms with van der Waals surface area (Å²) in [5, 5.41) is 6.06. The molecule has 0 aromatic carbocycles. The maximum Gasteiger partial charge on any atom is 0.226 e. The molecule has 3 rings (SSSR count). The van der Waals surface area contributed by atoms with Crippen molar-refractivity contribution in [1.29, 1.82) is 0 Å². The first-order valence-corrected chi connectivity index (χ1v) is 7.50. The zero-order valence-corrected chi connectivity index (χ0v) is 12.9. The van der Waals surface area contributed by atoms with Crippen molar-refractivity contribution in [2.24, 2.45) is 0 Å². The molecule has 23 heavy (non-hydrogen) atoms. The summed E-state index contributed by atoms with van der Waals surface area (Å²) in [7, 11) is 0. The Morgan fingerprint density at radius 1 is 1.39 bits per heavy atom. The van der Waals surface area contributed by atoms with Crippen LogP contribution in [0.3, 0.4) is 0 Å². The topological polar surface area (TPSA) is 109 Å². The van der Waals surface area contributed by atoms with E-state index in [-0.39, 0.29) is 11.2 Å². The van der Waals surface area contributed by atoms with E-state index in [2.05, 4.69) is 30.6 Å². The van der Waals surface area contributed by atoms with Crippen molar-refractivity contribution in [1.82, 2.24) is 25.3 Å². The van der Waals surface area contributed by atoms with Crippen LogP contribution in [0.4, 0.5) is 5.82 Å². The lowest BCUT2D eigenvalue weighted by Gasteiger charge is -2.07. The standard InChI is InChI=1S/C14H15ClN6O2/c15-14-20-12(11-13(21-14)19-8-18-11)16-5-1-4-10(22)17-7-9-3-2-6-23-9/h2-3,6,8H,1,4-5,7H2,(H,17,22)(H2,16,18,19,20,21). The van der Waals surface area contributed by atoms with Gasteiger partial charge in [-0.3, -0.25) is 4.79 Å². The first-order chi connectivity index (χ1) is 11.2. The third kappa shape index (κ3) is 3.98. The number of aromatic nitrogens is 4. The van der Waals surface area contributed by atoms with Gasteiger partial charge in [0.05, 0.1) is 19.1 Å². The lowest BCUT2D eigenvalue weighted by molar-refractivity contribution is -0.121. The van der Waals surface area contributed by atoms with E-state index >= 15 is 0 Å². The van der Waals surface area contributed by atoms with Gasteiger partial charge in [-0.1, -0.05) is 0 Å². The summed E-state index contributed by atoms with van der Waals surface area (Å²) in [6, 6.07) is 3.60. The number of H-pyrrole nitrogens is 1. The predicted octanol–water partition coefficient (Wildman–Crippen LogP) is 2.11. The van der Waals surface area contributed by atoms with Crippen LogP contribution >= 0.6 is 11.6 Å². The Morgan fingerprint density at radius 3 is 3.13 bits per heavy atom. The fourth-order valence-corrected chi connectivity index (χ4v) is 2.24. The Labute approximate surface area is 136 Å². The number of nitrogens with zero attached hydrogens (tertiary/aromatic N) is 3. The van der Waals surface area contributed by atoms with E-state index < -0.39 is 0 Å². The zero-order chi connectivity index (χ0) is 16.1. The van der Waals surface area contributed by atoms with Gasteiger partial charge in [-0.2, -0.15) is 9.97 Å². The Hall–Kier alpha value is -2.61. The monoisotopic (exact) mass is 334 g/mol. The summed E-state index contributed by atoms with van der Waals surface area (Å²) in [5.41, 5.74) is 1.19. The quantitative estimate of drug-likeness (QED) is 0.451. The minimum absolute atomic E-state index is 0.0318. The molecule has 0 aliphatic rings. The number of aromatic amines is 1. The normalized spacial score (nSPS) is 10.8. The average molecular weight is 335 g/mol.